The first-order valence-corrected chi connectivity index (χ1v) is 7.12. The third-order valence-electron chi connectivity index (χ3n) is 3.48. The zero-order valence-corrected chi connectivity index (χ0v) is 12.5. The van der Waals surface area contributed by atoms with Gasteiger partial charge in [-0.2, -0.15) is 0 Å². The highest BCUT2D eigenvalue weighted by atomic mass is 16.3. The van der Waals surface area contributed by atoms with Gasteiger partial charge in [-0.25, -0.2) is 0 Å². The molecule has 0 fully saturated rings. The third kappa shape index (κ3) is 4.43. The summed E-state index contributed by atoms with van der Waals surface area (Å²) in [4.78, 5) is 11.1. The standard InChI is InChI=1S/C18H21NO2/c1-14(20)19-18(2,21)17-12-10-16(11-13-17)9-8-15-6-4-3-5-7-15/h3-7,10-13,21H,8-9H2,1-2H3,(H,19,20). The third-order valence-corrected chi connectivity index (χ3v) is 3.48. The van der Waals surface area contributed by atoms with Crippen LogP contribution in [0.25, 0.3) is 0 Å². The number of aliphatic hydroxyl groups is 1. The van der Waals surface area contributed by atoms with Crippen molar-refractivity contribution in [3.05, 3.63) is 71.3 Å². The van der Waals surface area contributed by atoms with Crippen molar-refractivity contribution in [2.24, 2.45) is 0 Å². The van der Waals surface area contributed by atoms with E-state index in [2.05, 4.69) is 17.4 Å². The Morgan fingerprint density at radius 1 is 1.00 bits per heavy atom. The van der Waals surface area contributed by atoms with Gasteiger partial charge in [-0.1, -0.05) is 54.6 Å². The number of nitrogens with one attached hydrogen (secondary N) is 1. The molecule has 2 N–H and O–H groups in total. The lowest BCUT2D eigenvalue weighted by Gasteiger charge is -2.24. The first-order valence-electron chi connectivity index (χ1n) is 7.12. The van der Waals surface area contributed by atoms with Gasteiger partial charge in [0.1, 0.15) is 0 Å². The van der Waals surface area contributed by atoms with Gasteiger partial charge in [0, 0.05) is 12.5 Å². The Balaban J connectivity index is 2.00. The number of aryl methyl sites for hydroxylation is 2. The van der Waals surface area contributed by atoms with Gasteiger partial charge in [0.15, 0.2) is 5.72 Å². The molecule has 1 unspecified atom stereocenters. The largest absolute Gasteiger partial charge is 0.367 e. The maximum absolute atomic E-state index is 11.1. The predicted molar refractivity (Wildman–Crippen MR) is 83.7 cm³/mol. The van der Waals surface area contributed by atoms with Crippen molar-refractivity contribution in [1.82, 2.24) is 5.32 Å². The van der Waals surface area contributed by atoms with Crippen molar-refractivity contribution in [3.8, 4) is 0 Å². The van der Waals surface area contributed by atoms with Crippen LogP contribution in [0.4, 0.5) is 0 Å². The number of carbonyl (C=O) groups excluding carboxylic acids is 1. The fraction of sp³-hybridized carbons (Fsp3) is 0.278. The van der Waals surface area contributed by atoms with Crippen molar-refractivity contribution in [1.29, 1.82) is 0 Å². The highest BCUT2D eigenvalue weighted by molar-refractivity contribution is 5.73. The molecule has 0 aromatic heterocycles. The van der Waals surface area contributed by atoms with E-state index in [-0.39, 0.29) is 5.91 Å². The number of carbonyl (C=O) groups is 1. The van der Waals surface area contributed by atoms with E-state index >= 15 is 0 Å². The molecule has 0 spiro atoms. The number of rotatable bonds is 5. The number of amides is 1. The summed E-state index contributed by atoms with van der Waals surface area (Å²) in [5.74, 6) is -0.256. The normalized spacial score (nSPS) is 13.5. The summed E-state index contributed by atoms with van der Waals surface area (Å²) in [6, 6.07) is 18.1. The van der Waals surface area contributed by atoms with E-state index in [0.29, 0.717) is 5.56 Å². The topological polar surface area (TPSA) is 49.3 Å². The Morgan fingerprint density at radius 2 is 1.52 bits per heavy atom. The van der Waals surface area contributed by atoms with Crippen LogP contribution in [-0.4, -0.2) is 11.0 Å². The number of benzene rings is 2. The summed E-state index contributed by atoms with van der Waals surface area (Å²) < 4.78 is 0. The molecule has 1 amide bonds. The smallest absolute Gasteiger partial charge is 0.219 e. The summed E-state index contributed by atoms with van der Waals surface area (Å²) in [5.41, 5.74) is 1.87. The molecule has 0 aliphatic heterocycles. The molecule has 110 valence electrons. The van der Waals surface area contributed by atoms with Crippen LogP contribution in [0, 0.1) is 0 Å². The molecule has 1 atom stereocenters. The van der Waals surface area contributed by atoms with Crippen LogP contribution in [-0.2, 0) is 23.4 Å². The second kappa shape index (κ2) is 6.55. The van der Waals surface area contributed by atoms with Crippen molar-refractivity contribution in [3.63, 3.8) is 0 Å². The van der Waals surface area contributed by atoms with Crippen LogP contribution in [0.3, 0.4) is 0 Å². The van der Waals surface area contributed by atoms with E-state index in [1.54, 1.807) is 6.92 Å². The second-order valence-electron chi connectivity index (χ2n) is 5.44. The molecule has 0 saturated carbocycles. The molecule has 0 heterocycles. The van der Waals surface area contributed by atoms with E-state index in [9.17, 15) is 9.90 Å². The van der Waals surface area contributed by atoms with E-state index in [1.165, 1.54) is 18.1 Å². The van der Waals surface area contributed by atoms with E-state index < -0.39 is 5.72 Å². The zero-order chi connectivity index (χ0) is 15.3. The minimum atomic E-state index is -1.33. The van der Waals surface area contributed by atoms with Gasteiger partial charge in [0.25, 0.3) is 0 Å². The van der Waals surface area contributed by atoms with Crippen LogP contribution in [0.1, 0.15) is 30.5 Å². The van der Waals surface area contributed by atoms with Gasteiger partial charge in [0.2, 0.25) is 5.91 Å². The lowest BCUT2D eigenvalue weighted by Crippen LogP contribution is -2.42. The molecule has 2 aromatic carbocycles. The number of hydrogen-bond acceptors (Lipinski definition) is 2. The molecule has 0 saturated heterocycles. The molecule has 2 rings (SSSR count). The zero-order valence-electron chi connectivity index (χ0n) is 12.5. The summed E-state index contributed by atoms with van der Waals surface area (Å²) in [5, 5.41) is 12.8. The first kappa shape index (κ1) is 15.3. The SMILES string of the molecule is CC(=O)NC(C)(O)c1ccc(CCc2ccccc2)cc1. The number of hydrogen-bond donors (Lipinski definition) is 2. The summed E-state index contributed by atoms with van der Waals surface area (Å²) in [7, 11) is 0. The fourth-order valence-electron chi connectivity index (χ4n) is 2.34. The van der Waals surface area contributed by atoms with E-state index in [0.717, 1.165) is 12.8 Å². The van der Waals surface area contributed by atoms with Crippen LogP contribution in [0.2, 0.25) is 0 Å². The molecule has 0 bridgehead atoms. The van der Waals surface area contributed by atoms with Crippen molar-refractivity contribution >= 4 is 5.91 Å². The Hall–Kier alpha value is -2.13. The Labute approximate surface area is 125 Å². The van der Waals surface area contributed by atoms with Crippen molar-refractivity contribution in [2.45, 2.75) is 32.4 Å². The molecular weight excluding hydrogens is 262 g/mol. The second-order valence-corrected chi connectivity index (χ2v) is 5.44. The van der Waals surface area contributed by atoms with E-state index in [1.807, 2.05) is 42.5 Å². The molecule has 21 heavy (non-hydrogen) atoms. The van der Waals surface area contributed by atoms with Crippen LogP contribution in [0.5, 0.6) is 0 Å². The van der Waals surface area contributed by atoms with Crippen LogP contribution in [0.15, 0.2) is 54.6 Å². The molecule has 0 aliphatic rings. The van der Waals surface area contributed by atoms with E-state index in [4.69, 9.17) is 0 Å². The fourth-order valence-corrected chi connectivity index (χ4v) is 2.34. The Kier molecular flexibility index (Phi) is 4.76. The quantitative estimate of drug-likeness (QED) is 0.829. The molecule has 3 heteroatoms. The highest BCUT2D eigenvalue weighted by Gasteiger charge is 2.23. The van der Waals surface area contributed by atoms with Crippen LogP contribution < -0.4 is 5.32 Å². The van der Waals surface area contributed by atoms with Crippen LogP contribution >= 0.6 is 0 Å². The molecule has 0 radical (unpaired) electrons. The molecule has 2 aromatic rings. The average molecular weight is 283 g/mol. The molecular formula is C18H21NO2. The molecule has 3 nitrogen and oxygen atoms in total. The minimum Gasteiger partial charge on any atom is -0.367 e. The first-order chi connectivity index (χ1) is 9.97. The van der Waals surface area contributed by atoms with Gasteiger partial charge >= 0.3 is 0 Å². The predicted octanol–water partition coefficient (Wildman–Crippen LogP) is 2.77. The van der Waals surface area contributed by atoms with Crippen molar-refractivity contribution < 1.29 is 9.90 Å². The molecule has 0 aliphatic carbocycles. The Morgan fingerprint density at radius 3 is 2.05 bits per heavy atom. The summed E-state index contributed by atoms with van der Waals surface area (Å²) in [6.07, 6.45) is 1.94. The average Bonchev–Trinajstić information content (AvgIpc) is 2.45. The van der Waals surface area contributed by atoms with Gasteiger partial charge in [-0.05, 0) is 30.9 Å². The van der Waals surface area contributed by atoms with Gasteiger partial charge in [0.05, 0.1) is 0 Å². The lowest BCUT2D eigenvalue weighted by molar-refractivity contribution is -0.126. The van der Waals surface area contributed by atoms with Gasteiger partial charge in [-0.15, -0.1) is 0 Å². The minimum absolute atomic E-state index is 0.256. The van der Waals surface area contributed by atoms with Crippen molar-refractivity contribution in [2.75, 3.05) is 0 Å². The maximum Gasteiger partial charge on any atom is 0.219 e. The lowest BCUT2D eigenvalue weighted by atomic mass is 9.99. The van der Waals surface area contributed by atoms with Gasteiger partial charge in [-0.3, -0.25) is 4.79 Å². The summed E-state index contributed by atoms with van der Waals surface area (Å²) >= 11 is 0. The Bertz CT molecular complexity index is 588. The monoisotopic (exact) mass is 283 g/mol. The highest BCUT2D eigenvalue weighted by Crippen LogP contribution is 2.18. The van der Waals surface area contributed by atoms with Gasteiger partial charge < -0.3 is 10.4 Å². The summed E-state index contributed by atoms with van der Waals surface area (Å²) in [6.45, 7) is 2.97. The maximum atomic E-state index is 11.1.